The standard InChI is InChI=1S/C25H36N4O4S2/c1-19-8-14-28(15-9-19)13-4-12-26-25(30)21-10-16-29(17-11-21)35(31,32)24-20(2)27-33-23(24)7-6-22-5-3-18-34-22/h3,5-7,18-19,21H,4,8-17H2,1-2H3,(H,26,30)/b7-6+. The van der Waals surface area contributed by atoms with E-state index < -0.39 is 10.0 Å². The van der Waals surface area contributed by atoms with Gasteiger partial charge < -0.3 is 14.7 Å². The number of sulfonamides is 1. The fraction of sp³-hybridized carbons (Fsp3) is 0.600. The number of aromatic nitrogens is 1. The number of amides is 1. The van der Waals surface area contributed by atoms with Crippen molar-refractivity contribution in [3.63, 3.8) is 0 Å². The van der Waals surface area contributed by atoms with Crippen molar-refractivity contribution >= 4 is 39.4 Å². The number of piperidine rings is 2. The van der Waals surface area contributed by atoms with Gasteiger partial charge in [-0.1, -0.05) is 18.1 Å². The Labute approximate surface area is 212 Å². The molecule has 35 heavy (non-hydrogen) atoms. The zero-order valence-electron chi connectivity index (χ0n) is 20.6. The van der Waals surface area contributed by atoms with E-state index in [1.165, 1.54) is 17.1 Å². The average molecular weight is 521 g/mol. The van der Waals surface area contributed by atoms with E-state index in [4.69, 9.17) is 4.52 Å². The van der Waals surface area contributed by atoms with Crippen LogP contribution in [0, 0.1) is 18.8 Å². The van der Waals surface area contributed by atoms with Crippen LogP contribution in [0.25, 0.3) is 12.2 Å². The number of nitrogens with zero attached hydrogens (tertiary/aromatic N) is 3. The summed E-state index contributed by atoms with van der Waals surface area (Å²) >= 11 is 1.56. The lowest BCUT2D eigenvalue weighted by Gasteiger charge is -2.31. The number of hydrogen-bond acceptors (Lipinski definition) is 7. The van der Waals surface area contributed by atoms with Gasteiger partial charge in [-0.25, -0.2) is 8.42 Å². The van der Waals surface area contributed by atoms with E-state index in [9.17, 15) is 13.2 Å². The van der Waals surface area contributed by atoms with E-state index in [1.54, 1.807) is 24.3 Å². The van der Waals surface area contributed by atoms with Crippen molar-refractivity contribution in [2.45, 2.75) is 50.8 Å². The number of nitrogens with one attached hydrogen (secondary N) is 1. The third-order valence-electron chi connectivity index (χ3n) is 7.02. The predicted octanol–water partition coefficient (Wildman–Crippen LogP) is 3.85. The van der Waals surface area contributed by atoms with Crippen molar-refractivity contribution in [3.8, 4) is 0 Å². The first-order chi connectivity index (χ1) is 16.8. The summed E-state index contributed by atoms with van der Waals surface area (Å²) in [6, 6.07) is 3.88. The van der Waals surface area contributed by atoms with Crippen LogP contribution in [0.2, 0.25) is 0 Å². The molecule has 1 amide bonds. The van der Waals surface area contributed by atoms with Crippen LogP contribution in [-0.4, -0.2) is 68.0 Å². The van der Waals surface area contributed by atoms with Gasteiger partial charge in [-0.3, -0.25) is 4.79 Å². The lowest BCUT2D eigenvalue weighted by atomic mass is 9.97. The molecule has 0 saturated carbocycles. The Kier molecular flexibility index (Phi) is 8.80. The molecular formula is C25H36N4O4S2. The highest BCUT2D eigenvalue weighted by molar-refractivity contribution is 7.89. The first kappa shape index (κ1) is 26.1. The lowest BCUT2D eigenvalue weighted by molar-refractivity contribution is -0.126. The number of hydrogen-bond donors (Lipinski definition) is 1. The summed E-state index contributed by atoms with van der Waals surface area (Å²) in [4.78, 5) is 16.2. The summed E-state index contributed by atoms with van der Waals surface area (Å²) in [5, 5.41) is 8.92. The van der Waals surface area contributed by atoms with E-state index in [1.807, 2.05) is 23.6 Å². The second kappa shape index (κ2) is 11.8. The molecule has 2 aromatic heterocycles. The monoisotopic (exact) mass is 520 g/mol. The fourth-order valence-corrected chi connectivity index (χ4v) is 7.11. The van der Waals surface area contributed by atoms with Crippen molar-refractivity contribution in [3.05, 3.63) is 33.8 Å². The zero-order valence-corrected chi connectivity index (χ0v) is 22.2. The molecule has 2 aliphatic heterocycles. The Morgan fingerprint density at radius 2 is 1.94 bits per heavy atom. The third kappa shape index (κ3) is 6.61. The molecule has 192 valence electrons. The van der Waals surface area contributed by atoms with Crippen molar-refractivity contribution < 1.29 is 17.7 Å². The second-order valence-electron chi connectivity index (χ2n) is 9.66. The molecule has 0 atom stereocenters. The largest absolute Gasteiger partial charge is 0.356 e. The summed E-state index contributed by atoms with van der Waals surface area (Å²) in [7, 11) is -3.77. The minimum absolute atomic E-state index is 0.0371. The first-order valence-corrected chi connectivity index (χ1v) is 14.8. The molecule has 4 heterocycles. The van der Waals surface area contributed by atoms with Crippen LogP contribution >= 0.6 is 11.3 Å². The highest BCUT2D eigenvalue weighted by Crippen LogP contribution is 2.29. The van der Waals surface area contributed by atoms with Crippen LogP contribution < -0.4 is 5.32 Å². The van der Waals surface area contributed by atoms with Gasteiger partial charge in [0.15, 0.2) is 10.7 Å². The quantitative estimate of drug-likeness (QED) is 0.505. The molecule has 2 fully saturated rings. The van der Waals surface area contributed by atoms with Gasteiger partial charge in [0, 0.05) is 30.4 Å². The van der Waals surface area contributed by atoms with Gasteiger partial charge in [0.25, 0.3) is 0 Å². The number of aryl methyl sites for hydroxylation is 1. The summed E-state index contributed by atoms with van der Waals surface area (Å²) in [5.74, 6) is 0.941. The van der Waals surface area contributed by atoms with Crippen molar-refractivity contribution in [2.24, 2.45) is 11.8 Å². The Morgan fingerprint density at radius 3 is 2.63 bits per heavy atom. The van der Waals surface area contributed by atoms with E-state index in [0.717, 1.165) is 36.9 Å². The van der Waals surface area contributed by atoms with Gasteiger partial charge in [0.1, 0.15) is 5.69 Å². The summed E-state index contributed by atoms with van der Waals surface area (Å²) in [6.07, 6.45) is 7.97. The molecule has 1 N–H and O–H groups in total. The fourth-order valence-electron chi connectivity index (χ4n) is 4.77. The van der Waals surface area contributed by atoms with E-state index in [2.05, 4.69) is 22.3 Å². The van der Waals surface area contributed by atoms with E-state index in [-0.39, 0.29) is 22.5 Å². The van der Waals surface area contributed by atoms with Gasteiger partial charge in [0.05, 0.1) is 0 Å². The third-order valence-corrected chi connectivity index (χ3v) is 9.92. The van der Waals surface area contributed by atoms with Crippen LogP contribution in [0.3, 0.4) is 0 Å². The predicted molar refractivity (Wildman–Crippen MR) is 138 cm³/mol. The molecule has 0 unspecified atom stereocenters. The minimum Gasteiger partial charge on any atom is -0.356 e. The van der Waals surface area contributed by atoms with Crippen molar-refractivity contribution in [1.29, 1.82) is 0 Å². The molecule has 0 radical (unpaired) electrons. The van der Waals surface area contributed by atoms with Gasteiger partial charge in [-0.2, -0.15) is 4.31 Å². The minimum atomic E-state index is -3.77. The summed E-state index contributed by atoms with van der Waals surface area (Å²) in [6.45, 7) is 8.57. The molecular weight excluding hydrogens is 484 g/mol. The highest BCUT2D eigenvalue weighted by Gasteiger charge is 2.35. The smallest absolute Gasteiger partial charge is 0.248 e. The Balaban J connectivity index is 1.26. The molecule has 0 aromatic carbocycles. The number of carbonyl (C=O) groups excluding carboxylic acids is 1. The number of likely N-dealkylation sites (tertiary alicyclic amines) is 1. The summed E-state index contributed by atoms with van der Waals surface area (Å²) in [5.41, 5.74) is 0.346. The maximum Gasteiger partial charge on any atom is 0.248 e. The number of carbonyl (C=O) groups is 1. The normalized spacial score (nSPS) is 19.5. The maximum atomic E-state index is 13.4. The van der Waals surface area contributed by atoms with E-state index in [0.29, 0.717) is 38.2 Å². The molecule has 10 heteroatoms. The molecule has 0 bridgehead atoms. The van der Waals surface area contributed by atoms with E-state index >= 15 is 0 Å². The summed E-state index contributed by atoms with van der Waals surface area (Å²) < 4.78 is 33.6. The molecule has 8 nitrogen and oxygen atoms in total. The molecule has 2 aliphatic rings. The van der Waals surface area contributed by atoms with Gasteiger partial charge in [-0.15, -0.1) is 11.3 Å². The van der Waals surface area contributed by atoms with Gasteiger partial charge in [0.2, 0.25) is 15.9 Å². The number of rotatable bonds is 9. The van der Waals surface area contributed by atoms with Crippen molar-refractivity contribution in [2.75, 3.05) is 39.3 Å². The van der Waals surface area contributed by atoms with Crippen LogP contribution in [0.4, 0.5) is 0 Å². The molecule has 4 rings (SSSR count). The highest BCUT2D eigenvalue weighted by atomic mass is 32.2. The Hall–Kier alpha value is -2.01. The number of thiophene rings is 1. The van der Waals surface area contributed by atoms with Crippen LogP contribution in [-0.2, 0) is 14.8 Å². The van der Waals surface area contributed by atoms with Crippen LogP contribution in [0.5, 0.6) is 0 Å². The van der Waals surface area contributed by atoms with Gasteiger partial charge >= 0.3 is 0 Å². The lowest BCUT2D eigenvalue weighted by Crippen LogP contribution is -2.43. The van der Waals surface area contributed by atoms with Crippen LogP contribution in [0.1, 0.15) is 55.4 Å². The van der Waals surface area contributed by atoms with Crippen molar-refractivity contribution in [1.82, 2.24) is 19.7 Å². The van der Waals surface area contributed by atoms with Gasteiger partial charge in [-0.05, 0) is 88.2 Å². The second-order valence-corrected chi connectivity index (χ2v) is 12.5. The average Bonchev–Trinajstić information content (AvgIpc) is 3.51. The molecule has 0 spiro atoms. The SMILES string of the molecule is Cc1noc(/C=C/c2cccs2)c1S(=O)(=O)N1CCC(C(=O)NCCCN2CCC(C)CC2)CC1. The van der Waals surface area contributed by atoms with Crippen LogP contribution in [0.15, 0.2) is 26.9 Å². The first-order valence-electron chi connectivity index (χ1n) is 12.5. The maximum absolute atomic E-state index is 13.4. The molecule has 0 aliphatic carbocycles. The Morgan fingerprint density at radius 1 is 1.20 bits per heavy atom. The topological polar surface area (TPSA) is 95.8 Å². The molecule has 2 aromatic rings. The Bertz CT molecular complexity index is 1090. The molecule has 2 saturated heterocycles. The zero-order chi connectivity index (χ0) is 24.8.